The van der Waals surface area contributed by atoms with E-state index in [1.165, 1.54) is 12.8 Å². The van der Waals surface area contributed by atoms with Crippen LogP contribution < -0.4 is 15.2 Å². The predicted octanol–water partition coefficient (Wildman–Crippen LogP) is 3.45. The molecule has 26 heavy (non-hydrogen) atoms. The Labute approximate surface area is 155 Å². The average Bonchev–Trinajstić information content (AvgIpc) is 3.28. The molecule has 5 heteroatoms. The van der Waals surface area contributed by atoms with E-state index in [0.29, 0.717) is 18.5 Å². The van der Waals surface area contributed by atoms with Crippen LogP contribution in [0.3, 0.4) is 0 Å². The minimum Gasteiger partial charge on any atom is -0.454 e. The van der Waals surface area contributed by atoms with Crippen LogP contribution in [0.2, 0.25) is 0 Å². The summed E-state index contributed by atoms with van der Waals surface area (Å²) < 4.78 is 10.9. The zero-order valence-corrected chi connectivity index (χ0v) is 15.7. The van der Waals surface area contributed by atoms with Gasteiger partial charge < -0.3 is 20.1 Å². The van der Waals surface area contributed by atoms with E-state index in [1.807, 2.05) is 12.1 Å². The smallest absolute Gasteiger partial charge is 0.231 e. The molecule has 142 valence electrons. The first kappa shape index (κ1) is 17.7. The molecular formula is C21H30N2O3. The molecule has 0 aromatic heterocycles. The second-order valence-electron chi connectivity index (χ2n) is 8.34. The normalized spacial score (nSPS) is 30.4. The quantitative estimate of drug-likeness (QED) is 0.895. The van der Waals surface area contributed by atoms with Gasteiger partial charge in [0.05, 0.1) is 0 Å². The van der Waals surface area contributed by atoms with E-state index in [2.05, 4.69) is 17.9 Å². The number of benzene rings is 1. The Morgan fingerprint density at radius 1 is 1.12 bits per heavy atom. The standard InChI is InChI=1S/C21H30N2O3/c1-14-2-7-18(8-3-14)23(21(24)16-5-6-17(22)11-16)12-15-4-9-19-20(10-15)26-13-25-19/h4,9-10,14,16-18H,2-3,5-8,11-13,22H2,1H3. The van der Waals surface area contributed by atoms with Gasteiger partial charge in [0, 0.05) is 24.5 Å². The highest BCUT2D eigenvalue weighted by molar-refractivity contribution is 5.79. The molecule has 0 radical (unpaired) electrons. The average molecular weight is 358 g/mol. The molecule has 2 atom stereocenters. The van der Waals surface area contributed by atoms with Crippen molar-refractivity contribution in [3.05, 3.63) is 23.8 Å². The number of carbonyl (C=O) groups excluding carboxylic acids is 1. The van der Waals surface area contributed by atoms with Crippen LogP contribution in [0.1, 0.15) is 57.4 Å². The highest BCUT2D eigenvalue weighted by Gasteiger charge is 2.35. The van der Waals surface area contributed by atoms with Crippen molar-refractivity contribution in [2.24, 2.45) is 17.6 Å². The van der Waals surface area contributed by atoms with Crippen LogP contribution in [0.4, 0.5) is 0 Å². The Morgan fingerprint density at radius 3 is 2.62 bits per heavy atom. The summed E-state index contributed by atoms with van der Waals surface area (Å²) >= 11 is 0. The van der Waals surface area contributed by atoms with Gasteiger partial charge in [-0.05, 0) is 68.6 Å². The van der Waals surface area contributed by atoms with Gasteiger partial charge in [0.1, 0.15) is 0 Å². The van der Waals surface area contributed by atoms with Crippen molar-refractivity contribution in [2.75, 3.05) is 6.79 Å². The second-order valence-corrected chi connectivity index (χ2v) is 8.34. The zero-order valence-electron chi connectivity index (χ0n) is 15.7. The number of ether oxygens (including phenoxy) is 2. The summed E-state index contributed by atoms with van der Waals surface area (Å²) in [6.07, 6.45) is 7.36. The van der Waals surface area contributed by atoms with Crippen LogP contribution in [-0.2, 0) is 11.3 Å². The Morgan fingerprint density at radius 2 is 1.88 bits per heavy atom. The summed E-state index contributed by atoms with van der Waals surface area (Å²) in [7, 11) is 0. The van der Waals surface area contributed by atoms with Crippen LogP contribution >= 0.6 is 0 Å². The molecule has 0 bridgehead atoms. The van der Waals surface area contributed by atoms with E-state index in [4.69, 9.17) is 15.2 Å². The van der Waals surface area contributed by atoms with Crippen molar-refractivity contribution in [3.63, 3.8) is 0 Å². The molecule has 2 saturated carbocycles. The summed E-state index contributed by atoms with van der Waals surface area (Å²) in [6.45, 7) is 3.25. The van der Waals surface area contributed by atoms with E-state index in [9.17, 15) is 4.79 Å². The largest absolute Gasteiger partial charge is 0.454 e. The van der Waals surface area contributed by atoms with Gasteiger partial charge in [-0.2, -0.15) is 0 Å². The molecule has 5 nitrogen and oxygen atoms in total. The first-order valence-corrected chi connectivity index (χ1v) is 10.0. The van der Waals surface area contributed by atoms with Gasteiger partial charge in [-0.15, -0.1) is 0 Å². The summed E-state index contributed by atoms with van der Waals surface area (Å²) in [5, 5.41) is 0. The highest BCUT2D eigenvalue weighted by atomic mass is 16.7. The molecule has 1 aromatic rings. The maximum absolute atomic E-state index is 13.3. The minimum atomic E-state index is 0.0957. The van der Waals surface area contributed by atoms with E-state index < -0.39 is 0 Å². The van der Waals surface area contributed by atoms with Crippen molar-refractivity contribution in [1.82, 2.24) is 4.90 Å². The topological polar surface area (TPSA) is 64.8 Å². The highest BCUT2D eigenvalue weighted by Crippen LogP contribution is 2.35. The maximum atomic E-state index is 13.3. The summed E-state index contributed by atoms with van der Waals surface area (Å²) in [5.41, 5.74) is 7.19. The Hall–Kier alpha value is -1.75. The van der Waals surface area contributed by atoms with Crippen molar-refractivity contribution < 1.29 is 14.3 Å². The molecule has 2 unspecified atom stereocenters. The molecule has 3 aliphatic rings. The first-order chi connectivity index (χ1) is 12.6. The fraction of sp³-hybridized carbons (Fsp3) is 0.667. The van der Waals surface area contributed by atoms with Crippen LogP contribution in [0.25, 0.3) is 0 Å². The van der Waals surface area contributed by atoms with Crippen molar-refractivity contribution >= 4 is 5.91 Å². The van der Waals surface area contributed by atoms with Crippen LogP contribution in [-0.4, -0.2) is 29.7 Å². The molecule has 1 aliphatic heterocycles. The van der Waals surface area contributed by atoms with Crippen LogP contribution in [0.15, 0.2) is 18.2 Å². The monoisotopic (exact) mass is 358 g/mol. The molecule has 0 spiro atoms. The van der Waals surface area contributed by atoms with Gasteiger partial charge in [0.25, 0.3) is 0 Å². The SMILES string of the molecule is CC1CCC(N(Cc2ccc3c(c2)OCO3)C(=O)C2CCC(N)C2)CC1. The van der Waals surface area contributed by atoms with E-state index in [-0.39, 0.29) is 18.8 Å². The molecule has 0 saturated heterocycles. The summed E-state index contributed by atoms with van der Waals surface area (Å²) in [4.78, 5) is 15.5. The molecule has 4 rings (SSSR count). The van der Waals surface area contributed by atoms with Gasteiger partial charge >= 0.3 is 0 Å². The molecule has 1 aromatic carbocycles. The van der Waals surface area contributed by atoms with Crippen LogP contribution in [0.5, 0.6) is 11.5 Å². The minimum absolute atomic E-state index is 0.0957. The number of hydrogen-bond acceptors (Lipinski definition) is 4. The summed E-state index contributed by atoms with van der Waals surface area (Å²) in [6, 6.07) is 6.56. The number of rotatable bonds is 4. The number of fused-ring (bicyclic) bond motifs is 1. The predicted molar refractivity (Wildman–Crippen MR) is 99.9 cm³/mol. The number of nitrogens with zero attached hydrogens (tertiary/aromatic N) is 1. The molecule has 2 aliphatic carbocycles. The molecule has 2 fully saturated rings. The molecule has 1 amide bonds. The molecular weight excluding hydrogens is 328 g/mol. The number of amides is 1. The third kappa shape index (κ3) is 3.68. The lowest BCUT2D eigenvalue weighted by Gasteiger charge is -2.37. The van der Waals surface area contributed by atoms with Gasteiger partial charge in [-0.25, -0.2) is 0 Å². The first-order valence-electron chi connectivity index (χ1n) is 10.0. The van der Waals surface area contributed by atoms with Crippen molar-refractivity contribution in [2.45, 2.75) is 70.5 Å². The maximum Gasteiger partial charge on any atom is 0.231 e. The third-order valence-electron chi connectivity index (χ3n) is 6.32. The van der Waals surface area contributed by atoms with Gasteiger partial charge in [0.2, 0.25) is 12.7 Å². The lowest BCUT2D eigenvalue weighted by atomic mass is 9.86. The van der Waals surface area contributed by atoms with E-state index >= 15 is 0 Å². The summed E-state index contributed by atoms with van der Waals surface area (Å²) in [5.74, 6) is 2.75. The van der Waals surface area contributed by atoms with Gasteiger partial charge in [-0.3, -0.25) is 4.79 Å². The number of hydrogen-bond donors (Lipinski definition) is 1. The third-order valence-corrected chi connectivity index (χ3v) is 6.32. The van der Waals surface area contributed by atoms with E-state index in [1.54, 1.807) is 0 Å². The lowest BCUT2D eigenvalue weighted by Crippen LogP contribution is -2.44. The zero-order chi connectivity index (χ0) is 18.1. The molecule has 1 heterocycles. The Balaban J connectivity index is 1.52. The number of carbonyl (C=O) groups is 1. The fourth-order valence-corrected chi connectivity index (χ4v) is 4.65. The van der Waals surface area contributed by atoms with Crippen molar-refractivity contribution in [3.8, 4) is 11.5 Å². The molecule has 2 N–H and O–H groups in total. The van der Waals surface area contributed by atoms with E-state index in [0.717, 1.165) is 55.1 Å². The lowest BCUT2D eigenvalue weighted by molar-refractivity contribution is -0.139. The van der Waals surface area contributed by atoms with Gasteiger partial charge in [0.15, 0.2) is 11.5 Å². The van der Waals surface area contributed by atoms with Crippen LogP contribution in [0, 0.1) is 11.8 Å². The van der Waals surface area contributed by atoms with Gasteiger partial charge in [-0.1, -0.05) is 13.0 Å². The number of nitrogens with two attached hydrogens (primary N) is 1. The Kier molecular flexibility index (Phi) is 5.07. The fourth-order valence-electron chi connectivity index (χ4n) is 4.65. The second kappa shape index (κ2) is 7.47. The van der Waals surface area contributed by atoms with Crippen molar-refractivity contribution in [1.29, 1.82) is 0 Å². The Bertz CT molecular complexity index is 655.